The zero-order valence-electron chi connectivity index (χ0n) is 15.6. The lowest BCUT2D eigenvalue weighted by Gasteiger charge is -2.25. The van der Waals surface area contributed by atoms with Gasteiger partial charge in [-0.2, -0.15) is 0 Å². The molecule has 2 aromatic rings. The summed E-state index contributed by atoms with van der Waals surface area (Å²) in [5.74, 6) is 0.0734. The van der Waals surface area contributed by atoms with Crippen LogP contribution in [0.2, 0.25) is 0 Å². The minimum Gasteiger partial charge on any atom is -0.378 e. The zero-order chi connectivity index (χ0) is 18.4. The van der Waals surface area contributed by atoms with E-state index in [2.05, 4.69) is 24.5 Å². The van der Waals surface area contributed by atoms with Gasteiger partial charge >= 0.3 is 0 Å². The first kappa shape index (κ1) is 19.0. The molecular formula is C22H27NO2S. The second-order valence-electron chi connectivity index (χ2n) is 6.79. The van der Waals surface area contributed by atoms with Crippen LogP contribution in [0.1, 0.15) is 36.0 Å². The number of ether oxygens (including phenoxy) is 1. The fourth-order valence-corrected chi connectivity index (χ4v) is 4.02. The molecule has 3 rings (SSSR count). The Balaban J connectivity index is 1.69. The predicted molar refractivity (Wildman–Crippen MR) is 109 cm³/mol. The summed E-state index contributed by atoms with van der Waals surface area (Å²) in [4.78, 5) is 15.9. The van der Waals surface area contributed by atoms with E-state index in [0.29, 0.717) is 6.10 Å². The number of carbonyl (C=O) groups excluding carboxylic acids is 1. The number of hydrogen-bond acceptors (Lipinski definition) is 3. The van der Waals surface area contributed by atoms with Gasteiger partial charge in [0, 0.05) is 30.7 Å². The molecule has 1 aliphatic rings. The number of carbonyl (C=O) groups is 1. The summed E-state index contributed by atoms with van der Waals surface area (Å²) in [6.07, 6.45) is 6.81. The number of amides is 1. The van der Waals surface area contributed by atoms with E-state index in [-0.39, 0.29) is 5.91 Å². The summed E-state index contributed by atoms with van der Waals surface area (Å²) in [5.41, 5.74) is 3.00. The summed E-state index contributed by atoms with van der Waals surface area (Å²) in [5, 5.41) is 0. The van der Waals surface area contributed by atoms with Crippen molar-refractivity contribution in [2.45, 2.75) is 36.7 Å². The summed E-state index contributed by atoms with van der Waals surface area (Å²) in [6, 6.07) is 16.3. The largest absolute Gasteiger partial charge is 0.378 e. The lowest BCUT2D eigenvalue weighted by atomic mass is 10.0. The maximum Gasteiger partial charge on any atom is 0.253 e. The van der Waals surface area contributed by atoms with Crippen LogP contribution in [0.3, 0.4) is 0 Å². The Bertz CT molecular complexity index is 740. The van der Waals surface area contributed by atoms with E-state index in [1.54, 1.807) is 11.8 Å². The third kappa shape index (κ3) is 4.68. The zero-order valence-corrected chi connectivity index (χ0v) is 16.4. The number of thioether (sulfide) groups is 1. The molecule has 138 valence electrons. The average molecular weight is 370 g/mol. The van der Waals surface area contributed by atoms with E-state index in [1.165, 1.54) is 16.9 Å². The fraction of sp³-hybridized carbons (Fsp3) is 0.409. The molecule has 1 saturated heterocycles. The van der Waals surface area contributed by atoms with Crippen molar-refractivity contribution in [1.82, 2.24) is 4.90 Å². The van der Waals surface area contributed by atoms with E-state index in [0.717, 1.165) is 43.5 Å². The molecule has 0 unspecified atom stereocenters. The molecule has 1 aliphatic heterocycles. The smallest absolute Gasteiger partial charge is 0.253 e. The van der Waals surface area contributed by atoms with E-state index >= 15 is 0 Å². The van der Waals surface area contributed by atoms with Gasteiger partial charge in [-0.05, 0) is 61.3 Å². The Hall–Kier alpha value is -1.78. The molecule has 0 spiro atoms. The summed E-state index contributed by atoms with van der Waals surface area (Å²) in [7, 11) is 1.88. The highest BCUT2D eigenvalue weighted by Crippen LogP contribution is 2.30. The Morgan fingerprint density at radius 2 is 2.04 bits per heavy atom. The van der Waals surface area contributed by atoms with Crippen LogP contribution in [-0.2, 0) is 4.74 Å². The van der Waals surface area contributed by atoms with Gasteiger partial charge in [-0.3, -0.25) is 4.79 Å². The number of benzene rings is 2. The van der Waals surface area contributed by atoms with Crippen LogP contribution < -0.4 is 0 Å². The Labute approximate surface area is 160 Å². The van der Waals surface area contributed by atoms with Crippen LogP contribution in [0.4, 0.5) is 0 Å². The van der Waals surface area contributed by atoms with Crippen molar-refractivity contribution in [1.29, 1.82) is 0 Å². The molecule has 1 fully saturated rings. The molecule has 0 aliphatic carbocycles. The van der Waals surface area contributed by atoms with Gasteiger partial charge in [0.25, 0.3) is 5.91 Å². The molecule has 2 aromatic carbocycles. The topological polar surface area (TPSA) is 29.5 Å². The molecule has 0 aromatic heterocycles. The third-order valence-corrected chi connectivity index (χ3v) is 5.73. The molecule has 26 heavy (non-hydrogen) atoms. The van der Waals surface area contributed by atoms with Gasteiger partial charge in [0.1, 0.15) is 0 Å². The predicted octanol–water partition coefficient (Wildman–Crippen LogP) is 5.11. The molecule has 0 radical (unpaired) electrons. The van der Waals surface area contributed by atoms with Crippen LogP contribution in [0.5, 0.6) is 0 Å². The van der Waals surface area contributed by atoms with E-state index in [1.807, 2.05) is 42.3 Å². The van der Waals surface area contributed by atoms with Crippen molar-refractivity contribution in [3.63, 3.8) is 0 Å². The molecule has 0 bridgehead atoms. The maximum absolute atomic E-state index is 12.8. The first-order valence-electron chi connectivity index (χ1n) is 9.29. The van der Waals surface area contributed by atoms with Gasteiger partial charge in [-0.1, -0.05) is 30.3 Å². The molecule has 1 atom stereocenters. The first-order chi connectivity index (χ1) is 12.7. The lowest BCUT2D eigenvalue weighted by molar-refractivity contribution is 0.00709. The van der Waals surface area contributed by atoms with Crippen molar-refractivity contribution in [2.24, 2.45) is 0 Å². The van der Waals surface area contributed by atoms with Crippen molar-refractivity contribution in [3.8, 4) is 11.1 Å². The molecule has 1 amide bonds. The quantitative estimate of drug-likeness (QED) is 0.663. The maximum atomic E-state index is 12.8. The number of rotatable bonds is 6. The monoisotopic (exact) mass is 369 g/mol. The second kappa shape index (κ2) is 9.24. The Kier molecular flexibility index (Phi) is 6.75. The third-order valence-electron chi connectivity index (χ3n) is 4.93. The average Bonchev–Trinajstić information content (AvgIpc) is 2.72. The molecule has 0 saturated carbocycles. The first-order valence-corrected chi connectivity index (χ1v) is 10.5. The van der Waals surface area contributed by atoms with Crippen molar-refractivity contribution in [2.75, 3.05) is 26.5 Å². The summed E-state index contributed by atoms with van der Waals surface area (Å²) >= 11 is 1.73. The SMILES string of the molecule is CSc1ccccc1-c1cccc(C(=O)N(C)CC[C@H]2CCCCO2)c1. The molecule has 1 heterocycles. The van der Waals surface area contributed by atoms with Gasteiger partial charge in [0.05, 0.1) is 6.10 Å². The van der Waals surface area contributed by atoms with E-state index < -0.39 is 0 Å². The normalized spacial score (nSPS) is 17.1. The highest BCUT2D eigenvalue weighted by atomic mass is 32.2. The van der Waals surface area contributed by atoms with Crippen LogP contribution in [0.15, 0.2) is 53.4 Å². The Morgan fingerprint density at radius 1 is 1.19 bits per heavy atom. The summed E-state index contributed by atoms with van der Waals surface area (Å²) in [6.45, 7) is 1.59. The highest BCUT2D eigenvalue weighted by Gasteiger charge is 2.17. The van der Waals surface area contributed by atoms with Crippen molar-refractivity contribution in [3.05, 3.63) is 54.1 Å². The van der Waals surface area contributed by atoms with Gasteiger partial charge in [-0.15, -0.1) is 11.8 Å². The molecule has 0 N–H and O–H groups in total. The van der Waals surface area contributed by atoms with Gasteiger partial charge in [0.2, 0.25) is 0 Å². The second-order valence-corrected chi connectivity index (χ2v) is 7.63. The van der Waals surface area contributed by atoms with Gasteiger partial charge in [0.15, 0.2) is 0 Å². The fourth-order valence-electron chi connectivity index (χ4n) is 3.40. The minimum absolute atomic E-state index is 0.0734. The number of hydrogen-bond donors (Lipinski definition) is 0. The number of nitrogens with zero attached hydrogens (tertiary/aromatic N) is 1. The summed E-state index contributed by atoms with van der Waals surface area (Å²) < 4.78 is 5.78. The van der Waals surface area contributed by atoms with Gasteiger partial charge in [-0.25, -0.2) is 0 Å². The van der Waals surface area contributed by atoms with Crippen LogP contribution >= 0.6 is 11.8 Å². The molecule has 4 heteroatoms. The molecular weight excluding hydrogens is 342 g/mol. The van der Waals surface area contributed by atoms with Crippen LogP contribution in [0, 0.1) is 0 Å². The Morgan fingerprint density at radius 3 is 2.81 bits per heavy atom. The van der Waals surface area contributed by atoms with E-state index in [9.17, 15) is 4.79 Å². The minimum atomic E-state index is 0.0734. The van der Waals surface area contributed by atoms with Crippen molar-refractivity contribution >= 4 is 17.7 Å². The van der Waals surface area contributed by atoms with Crippen LogP contribution in [-0.4, -0.2) is 43.4 Å². The highest BCUT2D eigenvalue weighted by molar-refractivity contribution is 7.98. The van der Waals surface area contributed by atoms with E-state index in [4.69, 9.17) is 4.74 Å². The molecule has 3 nitrogen and oxygen atoms in total. The standard InChI is InChI=1S/C22H27NO2S/c1-23(14-13-19-10-5-6-15-25-19)22(24)18-9-7-8-17(16-18)20-11-3-4-12-21(20)26-2/h3-4,7-9,11-12,16,19H,5-6,10,13-15H2,1-2H3/t19-/m1/s1. The van der Waals surface area contributed by atoms with Crippen molar-refractivity contribution < 1.29 is 9.53 Å². The lowest BCUT2D eigenvalue weighted by Crippen LogP contribution is -2.31. The van der Waals surface area contributed by atoms with Crippen LogP contribution in [0.25, 0.3) is 11.1 Å². The van der Waals surface area contributed by atoms with Gasteiger partial charge < -0.3 is 9.64 Å².